The van der Waals surface area contributed by atoms with E-state index < -0.39 is 10.0 Å². The van der Waals surface area contributed by atoms with Gasteiger partial charge in [0.15, 0.2) is 0 Å². The van der Waals surface area contributed by atoms with Gasteiger partial charge in [-0.15, -0.1) is 0 Å². The molecule has 2 aromatic rings. The first-order chi connectivity index (χ1) is 12.0. The Balaban J connectivity index is 1.77. The predicted molar refractivity (Wildman–Crippen MR) is 98.2 cm³/mol. The molecule has 0 atom stereocenters. The molecule has 0 saturated carbocycles. The van der Waals surface area contributed by atoms with Gasteiger partial charge in [0.2, 0.25) is 10.0 Å². The van der Waals surface area contributed by atoms with E-state index in [1.807, 2.05) is 12.1 Å². The number of nitrogens with zero attached hydrogens (tertiary/aromatic N) is 3. The van der Waals surface area contributed by atoms with Crippen molar-refractivity contribution in [1.29, 1.82) is 5.26 Å². The summed E-state index contributed by atoms with van der Waals surface area (Å²) in [5.41, 5.74) is 1.34. The smallest absolute Gasteiger partial charge is 0.243 e. The van der Waals surface area contributed by atoms with Crippen molar-refractivity contribution in [3.8, 4) is 6.07 Å². The summed E-state index contributed by atoms with van der Waals surface area (Å²) in [6.45, 7) is 2.21. The van der Waals surface area contributed by atoms with Crippen LogP contribution in [0.1, 0.15) is 12.0 Å². The average Bonchev–Trinajstić information content (AvgIpc) is 2.89. The topological polar surface area (TPSA) is 64.4 Å². The lowest BCUT2D eigenvalue weighted by Crippen LogP contribution is -2.35. The highest BCUT2D eigenvalue weighted by atomic mass is 35.5. The van der Waals surface area contributed by atoms with Gasteiger partial charge in [0.25, 0.3) is 0 Å². The van der Waals surface area contributed by atoms with Gasteiger partial charge in [-0.25, -0.2) is 8.42 Å². The molecule has 0 bridgehead atoms. The van der Waals surface area contributed by atoms with Crippen molar-refractivity contribution in [3.05, 3.63) is 59.1 Å². The summed E-state index contributed by atoms with van der Waals surface area (Å²) in [7, 11) is -3.47. The molecule has 1 aliphatic heterocycles. The van der Waals surface area contributed by atoms with Crippen molar-refractivity contribution in [2.45, 2.75) is 11.3 Å². The Bertz CT molecular complexity index is 894. The van der Waals surface area contributed by atoms with Crippen LogP contribution in [0.4, 0.5) is 5.69 Å². The third-order valence-corrected chi connectivity index (χ3v) is 6.50. The standard InChI is InChI=1S/C18H18ClN3O2S/c19-18-13-16(8-7-15(18)14-20)21-9-4-10-22(12-11-21)25(23,24)17-5-2-1-3-6-17/h1-3,5-8,13H,4,9-12H2. The van der Waals surface area contributed by atoms with E-state index in [0.717, 1.165) is 18.7 Å². The lowest BCUT2D eigenvalue weighted by atomic mass is 10.2. The van der Waals surface area contributed by atoms with E-state index in [4.69, 9.17) is 16.9 Å². The van der Waals surface area contributed by atoms with E-state index in [2.05, 4.69) is 4.90 Å². The number of benzene rings is 2. The van der Waals surface area contributed by atoms with Crippen LogP contribution in [0, 0.1) is 11.3 Å². The van der Waals surface area contributed by atoms with Crippen LogP contribution in [-0.2, 0) is 10.0 Å². The number of nitriles is 1. The number of rotatable bonds is 3. The zero-order chi connectivity index (χ0) is 17.9. The molecule has 0 aliphatic carbocycles. The molecule has 130 valence electrons. The molecule has 0 unspecified atom stereocenters. The molecule has 1 aliphatic rings. The van der Waals surface area contributed by atoms with Crippen molar-refractivity contribution in [2.24, 2.45) is 0 Å². The maximum absolute atomic E-state index is 12.8. The van der Waals surface area contributed by atoms with Crippen LogP contribution in [0.2, 0.25) is 5.02 Å². The minimum absolute atomic E-state index is 0.324. The number of hydrogen-bond donors (Lipinski definition) is 0. The third kappa shape index (κ3) is 3.79. The molecule has 3 rings (SSSR count). The highest BCUT2D eigenvalue weighted by molar-refractivity contribution is 7.89. The van der Waals surface area contributed by atoms with Gasteiger partial charge in [0.05, 0.1) is 15.5 Å². The summed E-state index contributed by atoms with van der Waals surface area (Å²) in [6.07, 6.45) is 0.726. The molecule has 2 aromatic carbocycles. The summed E-state index contributed by atoms with van der Waals surface area (Å²) in [5, 5.41) is 9.39. The molecule has 5 nitrogen and oxygen atoms in total. The normalized spacial score (nSPS) is 16.2. The van der Waals surface area contributed by atoms with Crippen LogP contribution in [0.3, 0.4) is 0 Å². The van der Waals surface area contributed by atoms with Crippen LogP contribution in [0.25, 0.3) is 0 Å². The van der Waals surface area contributed by atoms with E-state index in [1.165, 1.54) is 4.31 Å². The molecule has 0 aromatic heterocycles. The Hall–Kier alpha value is -2.07. The highest BCUT2D eigenvalue weighted by Gasteiger charge is 2.26. The van der Waals surface area contributed by atoms with Gasteiger partial charge in [-0.3, -0.25) is 0 Å². The molecule has 1 heterocycles. The zero-order valence-electron chi connectivity index (χ0n) is 13.6. The molecule has 7 heteroatoms. The van der Waals surface area contributed by atoms with E-state index >= 15 is 0 Å². The first-order valence-electron chi connectivity index (χ1n) is 8.02. The predicted octanol–water partition coefficient (Wildman–Crippen LogP) is 3.11. The zero-order valence-corrected chi connectivity index (χ0v) is 15.2. The molecular weight excluding hydrogens is 358 g/mol. The van der Waals surface area contributed by atoms with Gasteiger partial charge in [0, 0.05) is 31.9 Å². The van der Waals surface area contributed by atoms with E-state index in [1.54, 1.807) is 42.5 Å². The quantitative estimate of drug-likeness (QED) is 0.826. The Morgan fingerprint density at radius 1 is 1.00 bits per heavy atom. The highest BCUT2D eigenvalue weighted by Crippen LogP contribution is 2.25. The molecular formula is C18H18ClN3O2S. The first kappa shape index (κ1) is 17.7. The summed E-state index contributed by atoms with van der Waals surface area (Å²) in [5.74, 6) is 0. The summed E-state index contributed by atoms with van der Waals surface area (Å²) < 4.78 is 27.1. The summed E-state index contributed by atoms with van der Waals surface area (Å²) in [6, 6.07) is 15.9. The van der Waals surface area contributed by atoms with E-state index in [-0.39, 0.29) is 0 Å². The van der Waals surface area contributed by atoms with Gasteiger partial charge >= 0.3 is 0 Å². The number of anilines is 1. The molecule has 0 spiro atoms. The second-order valence-electron chi connectivity index (χ2n) is 5.83. The second-order valence-corrected chi connectivity index (χ2v) is 8.18. The van der Waals surface area contributed by atoms with Crippen LogP contribution in [0.15, 0.2) is 53.4 Å². The Morgan fingerprint density at radius 3 is 2.44 bits per heavy atom. The lowest BCUT2D eigenvalue weighted by molar-refractivity contribution is 0.433. The van der Waals surface area contributed by atoms with Gasteiger partial charge in [-0.2, -0.15) is 9.57 Å². The van der Waals surface area contributed by atoms with Gasteiger partial charge < -0.3 is 4.90 Å². The van der Waals surface area contributed by atoms with Gasteiger partial charge in [-0.05, 0) is 36.8 Å². The number of sulfonamides is 1. The first-order valence-corrected chi connectivity index (χ1v) is 9.84. The van der Waals surface area contributed by atoms with Crippen molar-refractivity contribution in [1.82, 2.24) is 4.31 Å². The van der Waals surface area contributed by atoms with Crippen LogP contribution >= 0.6 is 11.6 Å². The Kier molecular flexibility index (Phi) is 5.28. The maximum Gasteiger partial charge on any atom is 0.243 e. The SMILES string of the molecule is N#Cc1ccc(N2CCCN(S(=O)(=O)c3ccccc3)CC2)cc1Cl. The number of halogens is 1. The Morgan fingerprint density at radius 2 is 1.76 bits per heavy atom. The summed E-state index contributed by atoms with van der Waals surface area (Å²) >= 11 is 6.12. The molecule has 0 radical (unpaired) electrons. The van der Waals surface area contributed by atoms with Crippen LogP contribution in [-0.4, -0.2) is 38.9 Å². The van der Waals surface area contributed by atoms with Crippen molar-refractivity contribution >= 4 is 27.3 Å². The monoisotopic (exact) mass is 375 g/mol. The average molecular weight is 376 g/mol. The Labute approximate surface area is 153 Å². The molecule has 0 N–H and O–H groups in total. The molecule has 25 heavy (non-hydrogen) atoms. The number of hydrogen-bond acceptors (Lipinski definition) is 4. The van der Waals surface area contributed by atoms with E-state index in [9.17, 15) is 8.42 Å². The van der Waals surface area contributed by atoms with Crippen LogP contribution < -0.4 is 4.90 Å². The fourth-order valence-corrected chi connectivity index (χ4v) is 4.63. The van der Waals surface area contributed by atoms with Gasteiger partial charge in [0.1, 0.15) is 6.07 Å². The fraction of sp³-hybridized carbons (Fsp3) is 0.278. The van der Waals surface area contributed by atoms with Crippen molar-refractivity contribution in [3.63, 3.8) is 0 Å². The molecule has 1 saturated heterocycles. The fourth-order valence-electron chi connectivity index (χ4n) is 2.93. The van der Waals surface area contributed by atoms with Crippen molar-refractivity contribution < 1.29 is 8.42 Å². The van der Waals surface area contributed by atoms with Crippen LogP contribution in [0.5, 0.6) is 0 Å². The lowest BCUT2D eigenvalue weighted by Gasteiger charge is -2.24. The maximum atomic E-state index is 12.8. The largest absolute Gasteiger partial charge is 0.370 e. The third-order valence-electron chi connectivity index (χ3n) is 4.27. The second kappa shape index (κ2) is 7.44. The van der Waals surface area contributed by atoms with E-state index in [0.29, 0.717) is 35.1 Å². The van der Waals surface area contributed by atoms with Gasteiger partial charge in [-0.1, -0.05) is 29.8 Å². The molecule has 0 amide bonds. The minimum Gasteiger partial charge on any atom is -0.370 e. The minimum atomic E-state index is -3.47. The summed E-state index contributed by atoms with van der Waals surface area (Å²) in [4.78, 5) is 2.43. The van der Waals surface area contributed by atoms with Crippen molar-refractivity contribution in [2.75, 3.05) is 31.1 Å². The molecule has 1 fully saturated rings.